The molecule has 1 saturated carbocycles. The van der Waals surface area contributed by atoms with Crippen molar-refractivity contribution in [3.63, 3.8) is 0 Å². The van der Waals surface area contributed by atoms with Crippen molar-refractivity contribution in [3.05, 3.63) is 47.3 Å². The van der Waals surface area contributed by atoms with Crippen LogP contribution in [-0.4, -0.2) is 13.7 Å². The van der Waals surface area contributed by atoms with Crippen LogP contribution in [0.1, 0.15) is 18.4 Å². The molecule has 0 saturated heterocycles. The van der Waals surface area contributed by atoms with Gasteiger partial charge in [-0.3, -0.25) is 0 Å². The van der Waals surface area contributed by atoms with E-state index >= 15 is 0 Å². The van der Waals surface area contributed by atoms with Gasteiger partial charge in [0, 0.05) is 12.1 Å². The zero-order valence-corrected chi connectivity index (χ0v) is 13.7. The molecule has 0 aliphatic heterocycles. The lowest BCUT2D eigenvalue weighted by molar-refractivity contribution is 0.254. The third kappa shape index (κ3) is 3.92. The second kappa shape index (κ2) is 7.13. The molecule has 0 atom stereocenters. The first-order valence-electron chi connectivity index (χ1n) is 7.85. The minimum atomic E-state index is -1.04. The number of hydrogen-bond donors (Lipinski definition) is 1. The van der Waals surface area contributed by atoms with Crippen LogP contribution < -0.4 is 19.9 Å². The van der Waals surface area contributed by atoms with E-state index in [4.69, 9.17) is 19.9 Å². The molecule has 25 heavy (non-hydrogen) atoms. The number of methoxy groups -OCH3 is 1. The van der Waals surface area contributed by atoms with Gasteiger partial charge >= 0.3 is 0 Å². The van der Waals surface area contributed by atoms with Gasteiger partial charge in [0.1, 0.15) is 18.2 Å². The molecule has 0 spiro atoms. The Bertz CT molecular complexity index is 779. The first-order valence-corrected chi connectivity index (χ1v) is 7.85. The van der Waals surface area contributed by atoms with E-state index in [1.54, 1.807) is 0 Å². The number of benzene rings is 2. The Morgan fingerprint density at radius 2 is 1.76 bits per heavy atom. The lowest BCUT2D eigenvalue weighted by Crippen LogP contribution is -2.08. The molecule has 2 aromatic carbocycles. The maximum atomic E-state index is 14.2. The number of nitrogens with two attached hydrogens (primary N) is 1. The number of ether oxygens (including phenoxy) is 3. The van der Waals surface area contributed by atoms with Gasteiger partial charge < -0.3 is 19.9 Å². The molecule has 3 rings (SSSR count). The Balaban J connectivity index is 1.82. The molecular formula is C18H18F3NO3. The van der Waals surface area contributed by atoms with Gasteiger partial charge in [0.05, 0.1) is 25.0 Å². The first kappa shape index (κ1) is 17.3. The second-order valence-corrected chi connectivity index (χ2v) is 5.91. The number of hydrogen-bond acceptors (Lipinski definition) is 4. The smallest absolute Gasteiger partial charge is 0.169 e. The van der Waals surface area contributed by atoms with E-state index in [9.17, 15) is 13.2 Å². The van der Waals surface area contributed by atoms with Crippen LogP contribution in [0.2, 0.25) is 0 Å². The summed E-state index contributed by atoms with van der Waals surface area (Å²) in [6, 6.07) is 4.68. The van der Waals surface area contributed by atoms with Gasteiger partial charge in [0.15, 0.2) is 23.1 Å². The van der Waals surface area contributed by atoms with E-state index in [1.807, 2.05) is 0 Å². The van der Waals surface area contributed by atoms with Gasteiger partial charge in [-0.1, -0.05) is 0 Å². The summed E-state index contributed by atoms with van der Waals surface area (Å²) in [4.78, 5) is 0. The molecule has 1 fully saturated rings. The summed E-state index contributed by atoms with van der Waals surface area (Å²) in [7, 11) is 1.34. The molecular weight excluding hydrogens is 335 g/mol. The van der Waals surface area contributed by atoms with Crippen molar-refractivity contribution in [2.45, 2.75) is 19.4 Å². The molecule has 0 heterocycles. The quantitative estimate of drug-likeness (QED) is 0.763. The highest BCUT2D eigenvalue weighted by Gasteiger charge is 2.24. The SMILES string of the molecule is COc1cc(F)c(N)cc1OCc1c(OCC2CC2)ccc(F)c1F. The zero-order chi connectivity index (χ0) is 18.0. The number of rotatable bonds is 7. The topological polar surface area (TPSA) is 53.7 Å². The predicted octanol–water partition coefficient (Wildman–Crippen LogP) is 4.06. The summed E-state index contributed by atoms with van der Waals surface area (Å²) in [5.41, 5.74) is 5.33. The van der Waals surface area contributed by atoms with Crippen LogP contribution in [0.15, 0.2) is 24.3 Å². The van der Waals surface area contributed by atoms with Gasteiger partial charge in [0.25, 0.3) is 0 Å². The van der Waals surface area contributed by atoms with Crippen molar-refractivity contribution < 1.29 is 27.4 Å². The number of nitrogen functional groups attached to an aromatic ring is 1. The fourth-order valence-electron chi connectivity index (χ4n) is 2.31. The minimum absolute atomic E-state index is 0.0504. The molecule has 0 aromatic heterocycles. The largest absolute Gasteiger partial charge is 0.493 e. The Morgan fingerprint density at radius 1 is 1.00 bits per heavy atom. The third-order valence-corrected chi connectivity index (χ3v) is 3.98. The van der Waals surface area contributed by atoms with Crippen molar-refractivity contribution in [1.29, 1.82) is 0 Å². The van der Waals surface area contributed by atoms with Gasteiger partial charge in [-0.15, -0.1) is 0 Å². The number of halogens is 3. The van der Waals surface area contributed by atoms with Crippen molar-refractivity contribution >= 4 is 5.69 Å². The Hall–Kier alpha value is -2.57. The normalized spacial score (nSPS) is 13.6. The summed E-state index contributed by atoms with van der Waals surface area (Å²) < 4.78 is 57.3. The molecule has 4 nitrogen and oxygen atoms in total. The Labute approximate surface area is 143 Å². The first-order chi connectivity index (χ1) is 12.0. The molecule has 0 unspecified atom stereocenters. The Kier molecular flexibility index (Phi) is 4.92. The highest BCUT2D eigenvalue weighted by Crippen LogP contribution is 2.34. The summed E-state index contributed by atoms with van der Waals surface area (Å²) in [5, 5.41) is 0. The van der Waals surface area contributed by atoms with Crippen LogP contribution in [0.3, 0.4) is 0 Å². The van der Waals surface area contributed by atoms with E-state index in [0.717, 1.165) is 25.0 Å². The van der Waals surface area contributed by atoms with Crippen LogP contribution in [-0.2, 0) is 6.61 Å². The van der Waals surface area contributed by atoms with Gasteiger partial charge in [-0.05, 0) is 30.9 Å². The van der Waals surface area contributed by atoms with Gasteiger partial charge in [-0.25, -0.2) is 13.2 Å². The lowest BCUT2D eigenvalue weighted by Gasteiger charge is -2.15. The molecule has 2 aromatic rings. The predicted molar refractivity (Wildman–Crippen MR) is 86.3 cm³/mol. The van der Waals surface area contributed by atoms with Crippen LogP contribution >= 0.6 is 0 Å². The minimum Gasteiger partial charge on any atom is -0.493 e. The highest BCUT2D eigenvalue weighted by molar-refractivity contribution is 5.53. The standard InChI is InChI=1S/C18H18F3NO3/c1-23-16-6-13(20)14(22)7-17(16)25-9-11-15(24-8-10-2-3-10)5-4-12(19)18(11)21/h4-7,10H,2-3,8-9,22H2,1H3. The lowest BCUT2D eigenvalue weighted by atomic mass is 10.2. The average molecular weight is 353 g/mol. The molecule has 0 radical (unpaired) electrons. The monoisotopic (exact) mass is 353 g/mol. The van der Waals surface area contributed by atoms with Gasteiger partial charge in [-0.2, -0.15) is 0 Å². The summed E-state index contributed by atoms with van der Waals surface area (Å²) in [6.45, 7) is 0.135. The molecule has 0 bridgehead atoms. The van der Waals surface area contributed by atoms with E-state index in [2.05, 4.69) is 0 Å². The van der Waals surface area contributed by atoms with Crippen LogP contribution in [0.25, 0.3) is 0 Å². The molecule has 1 aliphatic carbocycles. The van der Waals surface area contributed by atoms with Crippen molar-refractivity contribution in [3.8, 4) is 17.2 Å². The van der Waals surface area contributed by atoms with E-state index in [-0.39, 0.29) is 35.1 Å². The van der Waals surface area contributed by atoms with Crippen molar-refractivity contribution in [2.75, 3.05) is 19.5 Å². The fourth-order valence-corrected chi connectivity index (χ4v) is 2.31. The molecule has 2 N–H and O–H groups in total. The third-order valence-electron chi connectivity index (χ3n) is 3.98. The van der Waals surface area contributed by atoms with E-state index in [0.29, 0.717) is 12.5 Å². The molecule has 0 amide bonds. The fraction of sp³-hybridized carbons (Fsp3) is 0.333. The number of anilines is 1. The molecule has 1 aliphatic rings. The summed E-state index contributed by atoms with van der Waals surface area (Å²) in [6.07, 6.45) is 2.14. The van der Waals surface area contributed by atoms with Crippen LogP contribution in [0.5, 0.6) is 17.2 Å². The summed E-state index contributed by atoms with van der Waals surface area (Å²) >= 11 is 0. The van der Waals surface area contributed by atoms with Crippen LogP contribution in [0, 0.1) is 23.4 Å². The molecule has 134 valence electrons. The van der Waals surface area contributed by atoms with Gasteiger partial charge in [0.2, 0.25) is 0 Å². The highest BCUT2D eigenvalue weighted by atomic mass is 19.2. The van der Waals surface area contributed by atoms with Crippen molar-refractivity contribution in [2.24, 2.45) is 5.92 Å². The Morgan fingerprint density at radius 3 is 2.44 bits per heavy atom. The molecule has 7 heteroatoms. The second-order valence-electron chi connectivity index (χ2n) is 5.91. The van der Waals surface area contributed by atoms with E-state index < -0.39 is 17.5 Å². The maximum absolute atomic E-state index is 14.2. The summed E-state index contributed by atoms with van der Waals surface area (Å²) in [5.74, 6) is -1.79. The zero-order valence-electron chi connectivity index (χ0n) is 13.7. The average Bonchev–Trinajstić information content (AvgIpc) is 3.42. The van der Waals surface area contributed by atoms with Crippen LogP contribution in [0.4, 0.5) is 18.9 Å². The maximum Gasteiger partial charge on any atom is 0.169 e. The van der Waals surface area contributed by atoms with E-state index in [1.165, 1.54) is 19.2 Å². The van der Waals surface area contributed by atoms with Crippen molar-refractivity contribution in [1.82, 2.24) is 0 Å².